The highest BCUT2D eigenvalue weighted by Gasteiger charge is 2.22. The van der Waals surface area contributed by atoms with Gasteiger partial charge in [0.25, 0.3) is 0 Å². The van der Waals surface area contributed by atoms with E-state index >= 15 is 0 Å². The van der Waals surface area contributed by atoms with E-state index in [2.05, 4.69) is 35.9 Å². The molecular weight excluding hydrogens is 308 g/mol. The van der Waals surface area contributed by atoms with Crippen LogP contribution in [0.5, 0.6) is 0 Å². The van der Waals surface area contributed by atoms with Crippen molar-refractivity contribution in [2.24, 2.45) is 0 Å². The van der Waals surface area contributed by atoms with Gasteiger partial charge >= 0.3 is 6.03 Å². The first-order chi connectivity index (χ1) is 11.0. The number of aliphatic hydroxyl groups excluding tert-OH is 1. The maximum atomic E-state index is 11.9. The van der Waals surface area contributed by atoms with Crippen LogP contribution in [0.2, 0.25) is 0 Å². The van der Waals surface area contributed by atoms with Crippen LogP contribution in [0.1, 0.15) is 29.9 Å². The number of amides is 2. The van der Waals surface area contributed by atoms with Crippen LogP contribution in [0.25, 0.3) is 0 Å². The van der Waals surface area contributed by atoms with Crippen molar-refractivity contribution >= 4 is 17.4 Å². The fraction of sp³-hybridized carbons (Fsp3) is 0.389. The second kappa shape index (κ2) is 8.13. The molecule has 0 spiro atoms. The second-order valence-corrected chi connectivity index (χ2v) is 7.14. The minimum atomic E-state index is -0.137. The number of rotatable bonds is 7. The van der Waals surface area contributed by atoms with Crippen molar-refractivity contribution in [3.8, 4) is 0 Å². The van der Waals surface area contributed by atoms with E-state index < -0.39 is 0 Å². The summed E-state index contributed by atoms with van der Waals surface area (Å²) in [5, 5.41) is 16.9. The molecule has 0 bridgehead atoms. The van der Waals surface area contributed by atoms with Gasteiger partial charge in [-0.05, 0) is 29.0 Å². The first kappa shape index (κ1) is 17.5. The summed E-state index contributed by atoms with van der Waals surface area (Å²) >= 11 is 1.71. The van der Waals surface area contributed by atoms with Gasteiger partial charge in [-0.3, -0.25) is 0 Å². The summed E-state index contributed by atoms with van der Waals surface area (Å²) in [4.78, 5) is 13.2. The Morgan fingerprint density at radius 1 is 1.13 bits per heavy atom. The predicted molar refractivity (Wildman–Crippen MR) is 94.8 cm³/mol. The van der Waals surface area contributed by atoms with Crippen LogP contribution in [0.4, 0.5) is 4.79 Å². The summed E-state index contributed by atoms with van der Waals surface area (Å²) in [7, 11) is 0. The molecule has 1 aromatic carbocycles. The molecule has 0 saturated carbocycles. The number of carbonyl (C=O) groups is 1. The molecule has 3 N–H and O–H groups in total. The molecule has 4 nitrogen and oxygen atoms in total. The molecule has 0 fully saturated rings. The normalized spacial score (nSPS) is 11.3. The zero-order valence-electron chi connectivity index (χ0n) is 13.6. The molecule has 0 aliphatic heterocycles. The van der Waals surface area contributed by atoms with Crippen LogP contribution in [0.3, 0.4) is 0 Å². The third-order valence-electron chi connectivity index (χ3n) is 3.78. The Bertz CT molecular complexity index is 606. The standard InChI is InChI=1S/C18H24N2O2S/c1-18(2,16-4-3-11-23-16)13-20-17(22)19-10-9-14-5-7-15(12-21)8-6-14/h3-8,11,21H,9-10,12-13H2,1-2H3,(H2,19,20,22). The molecule has 5 heteroatoms. The minimum Gasteiger partial charge on any atom is -0.392 e. The van der Waals surface area contributed by atoms with Gasteiger partial charge in [0.2, 0.25) is 0 Å². The van der Waals surface area contributed by atoms with Crippen molar-refractivity contribution in [1.82, 2.24) is 10.6 Å². The van der Waals surface area contributed by atoms with E-state index in [1.54, 1.807) is 11.3 Å². The van der Waals surface area contributed by atoms with E-state index in [0.29, 0.717) is 13.1 Å². The molecule has 0 atom stereocenters. The van der Waals surface area contributed by atoms with E-state index in [0.717, 1.165) is 17.5 Å². The lowest BCUT2D eigenvalue weighted by Crippen LogP contribution is -2.42. The molecule has 0 radical (unpaired) electrons. The molecule has 23 heavy (non-hydrogen) atoms. The number of aliphatic hydroxyl groups is 1. The van der Waals surface area contributed by atoms with Crippen molar-refractivity contribution in [3.05, 3.63) is 57.8 Å². The number of thiophene rings is 1. The maximum absolute atomic E-state index is 11.9. The molecule has 0 aliphatic rings. The predicted octanol–water partition coefficient (Wildman–Crippen LogP) is 3.06. The summed E-state index contributed by atoms with van der Waals surface area (Å²) in [6.45, 7) is 5.50. The number of urea groups is 1. The second-order valence-electron chi connectivity index (χ2n) is 6.20. The van der Waals surface area contributed by atoms with Crippen LogP contribution >= 0.6 is 11.3 Å². The molecule has 2 aromatic rings. The van der Waals surface area contributed by atoms with E-state index in [1.165, 1.54) is 4.88 Å². The molecule has 0 aliphatic carbocycles. The summed E-state index contributed by atoms with van der Waals surface area (Å²) in [5.74, 6) is 0. The quantitative estimate of drug-likeness (QED) is 0.730. The lowest BCUT2D eigenvalue weighted by Gasteiger charge is -2.23. The number of benzene rings is 1. The first-order valence-corrected chi connectivity index (χ1v) is 8.63. The van der Waals surface area contributed by atoms with Gasteiger partial charge in [-0.25, -0.2) is 4.79 Å². The van der Waals surface area contributed by atoms with Crippen LogP contribution in [0.15, 0.2) is 41.8 Å². The summed E-state index contributed by atoms with van der Waals surface area (Å²) in [5.41, 5.74) is 1.97. The van der Waals surface area contributed by atoms with Crippen molar-refractivity contribution in [1.29, 1.82) is 0 Å². The Morgan fingerprint density at radius 2 is 1.83 bits per heavy atom. The molecule has 1 heterocycles. The average Bonchev–Trinajstić information content (AvgIpc) is 3.09. The monoisotopic (exact) mass is 332 g/mol. The Hall–Kier alpha value is -1.85. The Balaban J connectivity index is 1.70. The van der Waals surface area contributed by atoms with Crippen molar-refractivity contribution in [2.45, 2.75) is 32.3 Å². The molecule has 124 valence electrons. The zero-order valence-corrected chi connectivity index (χ0v) is 14.5. The summed E-state index contributed by atoms with van der Waals surface area (Å²) in [6.07, 6.45) is 0.771. The minimum absolute atomic E-state index is 0.0565. The van der Waals surface area contributed by atoms with Crippen molar-refractivity contribution < 1.29 is 9.90 Å². The van der Waals surface area contributed by atoms with E-state index in [-0.39, 0.29) is 18.1 Å². The first-order valence-electron chi connectivity index (χ1n) is 7.75. The zero-order chi connectivity index (χ0) is 16.7. The molecule has 2 rings (SSSR count). The topological polar surface area (TPSA) is 61.4 Å². The van der Waals surface area contributed by atoms with E-state index in [1.807, 2.05) is 30.3 Å². The van der Waals surface area contributed by atoms with Crippen molar-refractivity contribution in [2.75, 3.05) is 13.1 Å². The van der Waals surface area contributed by atoms with Gasteiger partial charge in [-0.2, -0.15) is 0 Å². The Morgan fingerprint density at radius 3 is 2.43 bits per heavy atom. The lowest BCUT2D eigenvalue weighted by molar-refractivity contribution is 0.238. The van der Waals surface area contributed by atoms with E-state index in [9.17, 15) is 4.79 Å². The number of hydrogen-bond acceptors (Lipinski definition) is 3. The van der Waals surface area contributed by atoms with Gasteiger partial charge in [0.15, 0.2) is 0 Å². The Labute approximate surface area is 141 Å². The van der Waals surface area contributed by atoms with Crippen molar-refractivity contribution in [3.63, 3.8) is 0 Å². The molecule has 0 unspecified atom stereocenters. The van der Waals surface area contributed by atoms with Gasteiger partial charge < -0.3 is 15.7 Å². The van der Waals surface area contributed by atoms with Gasteiger partial charge in [-0.15, -0.1) is 11.3 Å². The average molecular weight is 332 g/mol. The van der Waals surface area contributed by atoms with Crippen LogP contribution < -0.4 is 10.6 Å². The fourth-order valence-electron chi connectivity index (χ4n) is 2.25. The fourth-order valence-corrected chi connectivity index (χ4v) is 3.10. The smallest absolute Gasteiger partial charge is 0.314 e. The highest BCUT2D eigenvalue weighted by molar-refractivity contribution is 7.10. The van der Waals surface area contributed by atoms with Gasteiger partial charge in [0.1, 0.15) is 0 Å². The summed E-state index contributed by atoms with van der Waals surface area (Å²) in [6, 6.07) is 11.7. The number of nitrogens with one attached hydrogen (secondary N) is 2. The lowest BCUT2D eigenvalue weighted by atomic mass is 9.91. The van der Waals surface area contributed by atoms with Crippen LogP contribution in [0, 0.1) is 0 Å². The summed E-state index contributed by atoms with van der Waals surface area (Å²) < 4.78 is 0. The molecule has 1 aromatic heterocycles. The Kier molecular flexibility index (Phi) is 6.19. The third-order valence-corrected chi connectivity index (χ3v) is 5.02. The third kappa shape index (κ3) is 5.37. The SMILES string of the molecule is CC(C)(CNC(=O)NCCc1ccc(CO)cc1)c1cccs1. The highest BCUT2D eigenvalue weighted by Crippen LogP contribution is 2.26. The van der Waals surface area contributed by atoms with Gasteiger partial charge in [-0.1, -0.05) is 44.2 Å². The largest absolute Gasteiger partial charge is 0.392 e. The van der Waals surface area contributed by atoms with Gasteiger partial charge in [0.05, 0.1) is 6.61 Å². The van der Waals surface area contributed by atoms with Crippen LogP contribution in [-0.2, 0) is 18.4 Å². The van der Waals surface area contributed by atoms with Gasteiger partial charge in [0, 0.05) is 23.4 Å². The number of carbonyl (C=O) groups excluding carboxylic acids is 1. The maximum Gasteiger partial charge on any atom is 0.314 e. The van der Waals surface area contributed by atoms with E-state index in [4.69, 9.17) is 5.11 Å². The molecule has 2 amide bonds. The molecular formula is C18H24N2O2S. The molecule has 0 saturated heterocycles. The number of hydrogen-bond donors (Lipinski definition) is 3. The van der Waals surface area contributed by atoms with Crippen LogP contribution in [-0.4, -0.2) is 24.2 Å². The highest BCUT2D eigenvalue weighted by atomic mass is 32.1.